The van der Waals surface area contributed by atoms with Crippen molar-refractivity contribution in [3.63, 3.8) is 0 Å². The largest absolute Gasteiger partial charge is 0.372 e. The Labute approximate surface area is 554 Å². The molecule has 13 saturated carbocycles. The molecule has 10 nitrogen and oxygen atoms in total. The third-order valence-corrected chi connectivity index (χ3v) is 32.1. The number of fused-ring (bicyclic) bond motifs is 7. The summed E-state index contributed by atoms with van der Waals surface area (Å²) in [4.78, 5) is 6.71. The number of ether oxygens (including phenoxy) is 5. The first kappa shape index (κ1) is 62.8. The molecule has 13 aliphatic carbocycles. The zero-order chi connectivity index (χ0) is 59.9. The van der Waals surface area contributed by atoms with Crippen LogP contribution in [0.4, 0.5) is 0 Å². The van der Waals surface area contributed by atoms with Crippen molar-refractivity contribution in [1.82, 2.24) is 25.8 Å². The summed E-state index contributed by atoms with van der Waals surface area (Å²) in [6.45, 7) is 0. The molecule has 10 heteroatoms. The van der Waals surface area contributed by atoms with Crippen LogP contribution in [0.3, 0.4) is 0 Å². The van der Waals surface area contributed by atoms with Gasteiger partial charge in [-0.15, -0.1) is 0 Å². The maximum Gasteiger partial charge on any atom is 0.111 e. The molecule has 5 heterocycles. The van der Waals surface area contributed by atoms with Gasteiger partial charge in [0.25, 0.3) is 0 Å². The van der Waals surface area contributed by atoms with Crippen molar-refractivity contribution in [3.8, 4) is 0 Å². The van der Waals surface area contributed by atoms with E-state index in [1.807, 2.05) is 0 Å². The average Bonchev–Trinajstić information content (AvgIpc) is 0.996. The highest BCUT2D eigenvalue weighted by Gasteiger charge is 2.60. The van der Waals surface area contributed by atoms with E-state index in [1.54, 1.807) is 6.42 Å². The van der Waals surface area contributed by atoms with E-state index in [4.69, 9.17) is 23.7 Å². The minimum Gasteiger partial charge on any atom is -0.372 e. The van der Waals surface area contributed by atoms with Crippen molar-refractivity contribution in [2.45, 2.75) is 430 Å². The van der Waals surface area contributed by atoms with Crippen LogP contribution in [0.1, 0.15) is 315 Å². The van der Waals surface area contributed by atoms with E-state index in [2.05, 4.69) is 25.8 Å². The number of nitrogens with zero attached hydrogens (tertiary/aromatic N) is 2. The highest BCUT2D eigenvalue weighted by atomic mass is 16.5. The summed E-state index contributed by atoms with van der Waals surface area (Å²) in [5.74, 6) is 10.2. The van der Waals surface area contributed by atoms with Gasteiger partial charge in [-0.1, -0.05) is 154 Å². The van der Waals surface area contributed by atoms with Gasteiger partial charge in [0.1, 0.15) is 18.7 Å². The Hall–Kier alpha value is -0.400. The summed E-state index contributed by atoms with van der Waals surface area (Å²) in [6.07, 6.45) is 72.6. The lowest BCUT2D eigenvalue weighted by Crippen LogP contribution is -2.66. The first-order valence-corrected chi connectivity index (χ1v) is 42.2. The summed E-state index contributed by atoms with van der Waals surface area (Å²) in [5.41, 5.74) is 0. The van der Waals surface area contributed by atoms with E-state index in [1.165, 1.54) is 308 Å². The second-order valence-electron chi connectivity index (χ2n) is 36.7. The molecular formula is C81H133N5O5. The predicted molar refractivity (Wildman–Crippen MR) is 362 cm³/mol. The molecule has 18 rings (SSSR count). The van der Waals surface area contributed by atoms with Gasteiger partial charge in [0.15, 0.2) is 0 Å². The fourth-order valence-electron chi connectivity index (χ4n) is 28.6. The molecule has 91 heavy (non-hydrogen) atoms. The fraction of sp³-hybridized carbons (Fsp3) is 1.00. The highest BCUT2D eigenvalue weighted by molar-refractivity contribution is 5.11. The van der Waals surface area contributed by atoms with Gasteiger partial charge in [-0.05, 0) is 237 Å². The monoisotopic (exact) mass is 1260 g/mol. The number of morpholine rings is 2. The molecule has 0 radical (unpaired) electrons. The molecule has 512 valence electrons. The smallest absolute Gasteiger partial charge is 0.111 e. The molecular weight excluding hydrogens is 1120 g/mol. The molecule has 3 N–H and O–H groups in total. The average molecular weight is 1260 g/mol. The number of hydrogen-bond donors (Lipinski definition) is 3. The molecule has 5 aliphatic heterocycles. The van der Waals surface area contributed by atoms with Gasteiger partial charge in [0.2, 0.25) is 0 Å². The van der Waals surface area contributed by atoms with E-state index in [0.29, 0.717) is 103 Å². The van der Waals surface area contributed by atoms with Crippen molar-refractivity contribution in [1.29, 1.82) is 0 Å². The zero-order valence-corrected chi connectivity index (χ0v) is 57.6. The Bertz CT molecular complexity index is 2290. The second kappa shape index (κ2) is 28.0. The minimum absolute atomic E-state index is 0.269. The SMILES string of the molecule is C1CC(C2NC3CCCCC3O2)CC(C2CC(C3CCCC(N4C5CCCCC5OC5CCCCC54)C3)C(C3CCCC(N4C5CCCCC5OC5CCCCC54)C3)C(C3CCCC(C4NC5CCCCC5O4)C3)C2C2CCCC(C3NC4CCCCC4O3)C2)C1. The quantitative estimate of drug-likeness (QED) is 0.197. The van der Waals surface area contributed by atoms with E-state index in [0.717, 1.165) is 71.3 Å². The second-order valence-corrected chi connectivity index (χ2v) is 36.7. The number of rotatable bonds is 10. The first-order chi connectivity index (χ1) is 45.1. The van der Waals surface area contributed by atoms with Crippen LogP contribution < -0.4 is 16.0 Å². The summed E-state index contributed by atoms with van der Waals surface area (Å²) in [7, 11) is 0. The van der Waals surface area contributed by atoms with Gasteiger partial charge in [0, 0.05) is 54.4 Å². The zero-order valence-electron chi connectivity index (χ0n) is 57.6. The normalized spacial score (nSPS) is 54.2. The molecule has 0 aromatic rings. The Morgan fingerprint density at radius 3 is 0.890 bits per heavy atom. The Morgan fingerprint density at radius 1 is 0.209 bits per heavy atom. The summed E-state index contributed by atoms with van der Waals surface area (Å²) >= 11 is 0. The molecule has 18 fully saturated rings. The third-order valence-electron chi connectivity index (χ3n) is 32.1. The molecule has 5 saturated heterocycles. The lowest BCUT2D eigenvalue weighted by atomic mass is 9.44. The van der Waals surface area contributed by atoms with E-state index >= 15 is 0 Å². The maximum atomic E-state index is 7.40. The maximum absolute atomic E-state index is 7.40. The van der Waals surface area contributed by atoms with Crippen LogP contribution in [0.5, 0.6) is 0 Å². The Kier molecular flexibility index (Phi) is 19.3. The van der Waals surface area contributed by atoms with Crippen LogP contribution in [0.2, 0.25) is 0 Å². The fourth-order valence-corrected chi connectivity index (χ4v) is 28.6. The van der Waals surface area contributed by atoms with E-state index < -0.39 is 0 Å². The molecule has 0 amide bonds. The first-order valence-electron chi connectivity index (χ1n) is 42.2. The van der Waals surface area contributed by atoms with Gasteiger partial charge in [-0.3, -0.25) is 25.8 Å². The van der Waals surface area contributed by atoms with Gasteiger partial charge >= 0.3 is 0 Å². The Balaban J connectivity index is 0.751. The van der Waals surface area contributed by atoms with Crippen LogP contribution in [-0.4, -0.2) is 126 Å². The van der Waals surface area contributed by atoms with Crippen LogP contribution >= 0.6 is 0 Å². The van der Waals surface area contributed by atoms with Gasteiger partial charge in [0.05, 0.1) is 42.7 Å². The van der Waals surface area contributed by atoms with Gasteiger partial charge in [-0.25, -0.2) is 0 Å². The van der Waals surface area contributed by atoms with Crippen molar-refractivity contribution in [2.24, 2.45) is 76.9 Å². The molecule has 0 spiro atoms. The molecule has 0 aromatic carbocycles. The minimum atomic E-state index is 0.269. The molecule has 0 bridgehead atoms. The van der Waals surface area contributed by atoms with E-state index in [-0.39, 0.29) is 18.7 Å². The van der Waals surface area contributed by atoms with Crippen molar-refractivity contribution < 1.29 is 23.7 Å². The molecule has 32 atom stereocenters. The van der Waals surface area contributed by atoms with Crippen LogP contribution in [0.25, 0.3) is 0 Å². The predicted octanol–water partition coefficient (Wildman–Crippen LogP) is 16.7. The van der Waals surface area contributed by atoms with E-state index in [9.17, 15) is 0 Å². The van der Waals surface area contributed by atoms with Crippen molar-refractivity contribution in [2.75, 3.05) is 0 Å². The third kappa shape index (κ3) is 12.5. The highest BCUT2D eigenvalue weighted by Crippen LogP contribution is 2.65. The van der Waals surface area contributed by atoms with Crippen LogP contribution in [-0.2, 0) is 23.7 Å². The number of nitrogens with one attached hydrogen (secondary N) is 3. The van der Waals surface area contributed by atoms with Crippen LogP contribution in [0, 0.1) is 76.9 Å². The lowest BCUT2D eigenvalue weighted by Gasteiger charge is -2.62. The van der Waals surface area contributed by atoms with Crippen molar-refractivity contribution >= 4 is 0 Å². The summed E-state index contributed by atoms with van der Waals surface area (Å²) in [6, 6.07) is 5.89. The number of hydrogen-bond acceptors (Lipinski definition) is 10. The standard InChI is InChI=1S/C81H133N5O5/c1-8-37-69-62(30-1)82-79(89-69)55-25-15-20-50(44-55)60-49-61(51-21-18-28-58(47-51)85-65-33-4-11-40-72(65)87-73-41-12-5-34-66(73)85)77(54-24-19-29-59(48-54)86-67-35-6-13-42-74(67)88-75-43-14-7-36-68(75)86)78(53-23-17-27-57(46-53)81-84-64-32-3-10-39-71(64)91-81)76(60)52-22-16-26-56(45-52)80-83-63-31-2-9-38-70(63)90-80/h50-84H,1-49H2. The molecule has 0 aromatic heterocycles. The molecule has 32 unspecified atom stereocenters. The van der Waals surface area contributed by atoms with Gasteiger partial charge in [-0.2, -0.15) is 0 Å². The summed E-state index contributed by atoms with van der Waals surface area (Å²) in [5, 5.41) is 12.9. The lowest BCUT2D eigenvalue weighted by molar-refractivity contribution is -0.197. The van der Waals surface area contributed by atoms with Crippen molar-refractivity contribution in [3.05, 3.63) is 0 Å². The molecule has 18 aliphatic rings. The topological polar surface area (TPSA) is 88.7 Å². The van der Waals surface area contributed by atoms with Crippen LogP contribution in [0.15, 0.2) is 0 Å². The summed E-state index contributed by atoms with van der Waals surface area (Å²) < 4.78 is 36.8. The van der Waals surface area contributed by atoms with Gasteiger partial charge < -0.3 is 23.7 Å². The Morgan fingerprint density at radius 2 is 0.495 bits per heavy atom.